The van der Waals surface area contributed by atoms with Crippen LogP contribution in [0.5, 0.6) is 0 Å². The van der Waals surface area contributed by atoms with Gasteiger partial charge in [0.1, 0.15) is 12.1 Å². The Kier molecular flexibility index (Phi) is 7.23. The molecule has 1 aromatic heterocycles. The molecule has 0 unspecified atom stereocenters. The van der Waals surface area contributed by atoms with E-state index in [0.29, 0.717) is 25.9 Å². The zero-order chi connectivity index (χ0) is 19.3. The largest absolute Gasteiger partial charge is 0.336 e. The van der Waals surface area contributed by atoms with Crippen LogP contribution in [0.15, 0.2) is 15.9 Å². The molecule has 2 heterocycles. The van der Waals surface area contributed by atoms with Gasteiger partial charge in [0.15, 0.2) is 0 Å². The molecule has 0 aliphatic carbocycles. The normalized spacial score (nSPS) is 16.1. The number of hydrogen-bond donors (Lipinski definition) is 1. The van der Waals surface area contributed by atoms with Crippen molar-refractivity contribution in [2.75, 3.05) is 13.1 Å². The standard InChI is InChI=1S/C18H26BrN3O3S/c1-4-9-18(10-5-2)16(24)22(17(25)20-18)12-15(23)21(6-3)11-13-7-8-14(19)26-13/h7-8H,4-6,9-12H2,1-3H3,(H,20,25). The number of rotatable bonds is 9. The van der Waals surface area contributed by atoms with Gasteiger partial charge in [-0.15, -0.1) is 11.3 Å². The number of thiophene rings is 1. The van der Waals surface area contributed by atoms with Gasteiger partial charge in [-0.2, -0.15) is 0 Å². The van der Waals surface area contributed by atoms with Crippen molar-refractivity contribution in [3.8, 4) is 0 Å². The van der Waals surface area contributed by atoms with Crippen molar-refractivity contribution >= 4 is 45.1 Å². The summed E-state index contributed by atoms with van der Waals surface area (Å²) in [5.41, 5.74) is -0.851. The van der Waals surface area contributed by atoms with E-state index in [1.807, 2.05) is 32.9 Å². The van der Waals surface area contributed by atoms with Crippen molar-refractivity contribution in [3.63, 3.8) is 0 Å². The zero-order valence-corrected chi connectivity index (χ0v) is 17.9. The van der Waals surface area contributed by atoms with Crippen LogP contribution in [0.25, 0.3) is 0 Å². The van der Waals surface area contributed by atoms with Crippen molar-refractivity contribution < 1.29 is 14.4 Å². The van der Waals surface area contributed by atoms with E-state index in [2.05, 4.69) is 21.2 Å². The van der Waals surface area contributed by atoms with E-state index in [4.69, 9.17) is 0 Å². The number of likely N-dealkylation sites (N-methyl/N-ethyl adjacent to an activating group) is 1. The molecule has 144 valence electrons. The lowest BCUT2D eigenvalue weighted by molar-refractivity contribution is -0.139. The highest BCUT2D eigenvalue weighted by Gasteiger charge is 2.50. The molecule has 8 heteroatoms. The van der Waals surface area contributed by atoms with Crippen molar-refractivity contribution in [2.24, 2.45) is 0 Å². The fourth-order valence-corrected chi connectivity index (χ4v) is 4.87. The van der Waals surface area contributed by atoms with Crippen LogP contribution >= 0.6 is 27.3 Å². The van der Waals surface area contributed by atoms with Crippen molar-refractivity contribution in [1.82, 2.24) is 15.1 Å². The maximum atomic E-state index is 12.9. The van der Waals surface area contributed by atoms with Gasteiger partial charge in [-0.1, -0.05) is 26.7 Å². The highest BCUT2D eigenvalue weighted by Crippen LogP contribution is 2.28. The number of nitrogens with zero attached hydrogens (tertiary/aromatic N) is 2. The second-order valence-electron chi connectivity index (χ2n) is 6.52. The summed E-state index contributed by atoms with van der Waals surface area (Å²) in [5, 5.41) is 2.85. The van der Waals surface area contributed by atoms with Gasteiger partial charge in [0.25, 0.3) is 5.91 Å². The number of imide groups is 1. The molecule has 1 aliphatic heterocycles. The molecule has 0 radical (unpaired) electrons. The van der Waals surface area contributed by atoms with Crippen molar-refractivity contribution in [2.45, 2.75) is 58.5 Å². The lowest BCUT2D eigenvalue weighted by atomic mass is 9.88. The van der Waals surface area contributed by atoms with E-state index in [9.17, 15) is 14.4 Å². The number of amides is 4. The summed E-state index contributed by atoms with van der Waals surface area (Å²) in [7, 11) is 0. The summed E-state index contributed by atoms with van der Waals surface area (Å²) in [6, 6.07) is 3.45. The molecule has 1 aliphatic rings. The number of carbonyl (C=O) groups is 3. The van der Waals surface area contributed by atoms with Crippen LogP contribution in [-0.2, 0) is 16.1 Å². The second kappa shape index (κ2) is 8.99. The van der Waals surface area contributed by atoms with Crippen LogP contribution in [-0.4, -0.2) is 46.3 Å². The summed E-state index contributed by atoms with van der Waals surface area (Å²) < 4.78 is 1.01. The second-order valence-corrected chi connectivity index (χ2v) is 9.06. The minimum atomic E-state index is -0.851. The zero-order valence-electron chi connectivity index (χ0n) is 15.5. The van der Waals surface area contributed by atoms with Gasteiger partial charge in [0.05, 0.1) is 10.3 Å². The van der Waals surface area contributed by atoms with E-state index in [-0.39, 0.29) is 18.4 Å². The van der Waals surface area contributed by atoms with Crippen LogP contribution in [0.2, 0.25) is 0 Å². The van der Waals surface area contributed by atoms with E-state index >= 15 is 0 Å². The lowest BCUT2D eigenvalue weighted by Gasteiger charge is -2.26. The SMILES string of the molecule is CCCC1(CCC)NC(=O)N(CC(=O)N(CC)Cc2ccc(Br)s2)C1=O. The van der Waals surface area contributed by atoms with Gasteiger partial charge in [-0.05, 0) is 47.8 Å². The molecule has 0 atom stereocenters. The molecule has 0 aromatic carbocycles. The summed E-state index contributed by atoms with van der Waals surface area (Å²) in [4.78, 5) is 41.8. The number of hydrogen-bond acceptors (Lipinski definition) is 4. The first kappa shape index (κ1) is 20.9. The molecule has 26 heavy (non-hydrogen) atoms. The first-order valence-electron chi connectivity index (χ1n) is 9.03. The molecule has 0 saturated carbocycles. The van der Waals surface area contributed by atoms with E-state index in [1.165, 1.54) is 0 Å². The van der Waals surface area contributed by atoms with Gasteiger partial charge >= 0.3 is 6.03 Å². The average Bonchev–Trinajstić information content (AvgIpc) is 3.10. The van der Waals surface area contributed by atoms with Crippen LogP contribution in [0.3, 0.4) is 0 Å². The number of halogens is 1. The smallest absolute Gasteiger partial charge is 0.325 e. The molecular weight excluding hydrogens is 418 g/mol. The maximum absolute atomic E-state index is 12.9. The summed E-state index contributed by atoms with van der Waals surface area (Å²) in [6.45, 7) is 6.66. The molecule has 1 fully saturated rings. The topological polar surface area (TPSA) is 69.7 Å². The van der Waals surface area contributed by atoms with Gasteiger partial charge in [0, 0.05) is 11.4 Å². The van der Waals surface area contributed by atoms with E-state index in [0.717, 1.165) is 26.4 Å². The average molecular weight is 444 g/mol. The monoisotopic (exact) mass is 443 g/mol. The van der Waals surface area contributed by atoms with Crippen LogP contribution < -0.4 is 5.32 Å². The third-order valence-electron chi connectivity index (χ3n) is 4.60. The Balaban J connectivity index is 2.09. The highest BCUT2D eigenvalue weighted by molar-refractivity contribution is 9.11. The molecule has 4 amide bonds. The lowest BCUT2D eigenvalue weighted by Crippen LogP contribution is -2.47. The maximum Gasteiger partial charge on any atom is 0.325 e. The number of urea groups is 1. The van der Waals surface area contributed by atoms with Gasteiger partial charge in [0.2, 0.25) is 5.91 Å². The first-order valence-corrected chi connectivity index (χ1v) is 10.6. The Labute approximate surface area is 167 Å². The quantitative estimate of drug-likeness (QED) is 0.590. The first-order chi connectivity index (χ1) is 12.4. The number of nitrogens with one attached hydrogen (secondary N) is 1. The summed E-state index contributed by atoms with van der Waals surface area (Å²) in [6.07, 6.45) is 2.78. The number of carbonyl (C=O) groups excluding carboxylic acids is 3. The molecule has 1 saturated heterocycles. The predicted molar refractivity (Wildman–Crippen MR) is 106 cm³/mol. The Morgan fingerprint density at radius 2 is 1.88 bits per heavy atom. The highest BCUT2D eigenvalue weighted by atomic mass is 79.9. The van der Waals surface area contributed by atoms with E-state index in [1.54, 1.807) is 16.2 Å². The Hall–Kier alpha value is -1.41. The van der Waals surface area contributed by atoms with Crippen LogP contribution in [0.1, 0.15) is 51.3 Å². The Morgan fingerprint density at radius 3 is 2.38 bits per heavy atom. The summed E-state index contributed by atoms with van der Waals surface area (Å²) in [5.74, 6) is -0.487. The Bertz CT molecular complexity index is 670. The fourth-order valence-electron chi connectivity index (χ4n) is 3.37. The third kappa shape index (κ3) is 4.46. The van der Waals surface area contributed by atoms with Crippen LogP contribution in [0.4, 0.5) is 4.79 Å². The minimum Gasteiger partial charge on any atom is -0.336 e. The molecule has 6 nitrogen and oxygen atoms in total. The van der Waals surface area contributed by atoms with Crippen molar-refractivity contribution in [3.05, 3.63) is 20.8 Å². The predicted octanol–water partition coefficient (Wildman–Crippen LogP) is 3.75. The van der Waals surface area contributed by atoms with Crippen LogP contribution in [0, 0.1) is 0 Å². The van der Waals surface area contributed by atoms with Gasteiger partial charge in [-0.3, -0.25) is 14.5 Å². The molecule has 1 aromatic rings. The van der Waals surface area contributed by atoms with Crippen molar-refractivity contribution in [1.29, 1.82) is 0 Å². The molecular formula is C18H26BrN3O3S. The molecule has 1 N–H and O–H groups in total. The molecule has 2 rings (SSSR count). The van der Waals surface area contributed by atoms with Gasteiger partial charge in [-0.25, -0.2) is 4.79 Å². The molecule has 0 spiro atoms. The van der Waals surface area contributed by atoms with E-state index < -0.39 is 11.6 Å². The fraction of sp³-hybridized carbons (Fsp3) is 0.611. The Morgan fingerprint density at radius 1 is 1.23 bits per heavy atom. The van der Waals surface area contributed by atoms with Gasteiger partial charge < -0.3 is 10.2 Å². The summed E-state index contributed by atoms with van der Waals surface area (Å²) >= 11 is 4.99. The minimum absolute atomic E-state index is 0.208. The molecule has 0 bridgehead atoms. The third-order valence-corrected chi connectivity index (χ3v) is 6.21.